The minimum Gasteiger partial charge on any atom is -0.480 e. The molecule has 0 saturated carbocycles. The fourth-order valence-electron chi connectivity index (χ4n) is 1.15. The number of aliphatic carboxylic acids is 1. The molecule has 0 aliphatic carbocycles. The van der Waals surface area contributed by atoms with Crippen molar-refractivity contribution in [2.75, 3.05) is 26.2 Å². The molecule has 2 N–H and O–H groups in total. The molecule has 86 valence electrons. The topological polar surface area (TPSA) is 69.6 Å². The lowest BCUT2D eigenvalue weighted by Crippen LogP contribution is -2.34. The van der Waals surface area contributed by atoms with E-state index in [1.165, 1.54) is 0 Å². The summed E-state index contributed by atoms with van der Waals surface area (Å²) in [4.78, 5) is 23.3. The van der Waals surface area contributed by atoms with Crippen molar-refractivity contribution in [2.45, 2.75) is 13.3 Å². The highest BCUT2D eigenvalue weighted by Crippen LogP contribution is 1.92. The van der Waals surface area contributed by atoms with Crippen LogP contribution in [0.5, 0.6) is 0 Å². The molecule has 0 bridgehead atoms. The first-order valence-corrected chi connectivity index (χ1v) is 4.91. The van der Waals surface area contributed by atoms with Crippen molar-refractivity contribution in [1.82, 2.24) is 10.2 Å². The number of nitrogens with zero attached hydrogens (tertiary/aromatic N) is 1. The van der Waals surface area contributed by atoms with Gasteiger partial charge in [-0.25, -0.2) is 0 Å². The van der Waals surface area contributed by atoms with E-state index in [9.17, 15) is 9.59 Å². The third kappa shape index (κ3) is 7.69. The first-order chi connectivity index (χ1) is 7.10. The average Bonchev–Trinajstić information content (AvgIpc) is 2.14. The van der Waals surface area contributed by atoms with Gasteiger partial charge in [0.05, 0.1) is 6.54 Å². The lowest BCUT2D eigenvalue weighted by atomic mass is 10.3. The van der Waals surface area contributed by atoms with E-state index in [1.54, 1.807) is 11.0 Å². The molecule has 0 aromatic heterocycles. The van der Waals surface area contributed by atoms with Crippen LogP contribution in [0, 0.1) is 0 Å². The predicted molar refractivity (Wildman–Crippen MR) is 57.6 cm³/mol. The maximum atomic E-state index is 11.1. The van der Waals surface area contributed by atoms with Crippen LogP contribution in [0.1, 0.15) is 13.3 Å². The van der Waals surface area contributed by atoms with Crippen molar-refractivity contribution >= 4 is 11.9 Å². The van der Waals surface area contributed by atoms with Gasteiger partial charge in [0, 0.05) is 26.1 Å². The second kappa shape index (κ2) is 7.99. The molecule has 0 fully saturated rings. The number of amides is 1. The molecule has 0 atom stereocenters. The number of carbonyl (C=O) groups excluding carboxylic acids is 1. The Balaban J connectivity index is 3.88. The first-order valence-electron chi connectivity index (χ1n) is 4.91. The van der Waals surface area contributed by atoms with Gasteiger partial charge >= 0.3 is 5.97 Å². The summed E-state index contributed by atoms with van der Waals surface area (Å²) in [5, 5.41) is 11.3. The van der Waals surface area contributed by atoms with E-state index in [-0.39, 0.29) is 12.5 Å². The van der Waals surface area contributed by atoms with Crippen molar-refractivity contribution < 1.29 is 14.7 Å². The molecular formula is C10H18N2O3. The van der Waals surface area contributed by atoms with Crippen LogP contribution < -0.4 is 5.32 Å². The Morgan fingerprint density at radius 3 is 2.67 bits per heavy atom. The van der Waals surface area contributed by atoms with Crippen LogP contribution in [0.15, 0.2) is 12.7 Å². The highest BCUT2D eigenvalue weighted by molar-refractivity contribution is 5.76. The molecule has 5 nitrogen and oxygen atoms in total. The standard InChI is InChI=1S/C10H18N2O3/c1-3-6-12(8-10(14)15)7-5-9(13)11-4-2/h3H,1,4-8H2,2H3,(H,11,13)(H,14,15). The minimum atomic E-state index is -0.896. The van der Waals surface area contributed by atoms with Crippen LogP contribution >= 0.6 is 0 Å². The molecule has 0 saturated heterocycles. The molecule has 1 amide bonds. The fourth-order valence-corrected chi connectivity index (χ4v) is 1.15. The molecule has 5 heteroatoms. The smallest absolute Gasteiger partial charge is 0.317 e. The summed E-state index contributed by atoms with van der Waals surface area (Å²) in [6, 6.07) is 0. The number of hydrogen-bond donors (Lipinski definition) is 2. The molecule has 0 rings (SSSR count). The van der Waals surface area contributed by atoms with Crippen molar-refractivity contribution in [3.63, 3.8) is 0 Å². The average molecular weight is 214 g/mol. The molecule has 0 unspecified atom stereocenters. The Morgan fingerprint density at radius 1 is 1.53 bits per heavy atom. The van der Waals surface area contributed by atoms with Gasteiger partial charge in [0.2, 0.25) is 5.91 Å². The summed E-state index contributed by atoms with van der Waals surface area (Å²) >= 11 is 0. The molecular weight excluding hydrogens is 196 g/mol. The molecule has 0 aliphatic rings. The van der Waals surface area contributed by atoms with E-state index >= 15 is 0 Å². The van der Waals surface area contributed by atoms with Gasteiger partial charge in [-0.3, -0.25) is 14.5 Å². The van der Waals surface area contributed by atoms with E-state index in [0.29, 0.717) is 26.1 Å². The molecule has 0 aromatic carbocycles. The van der Waals surface area contributed by atoms with Gasteiger partial charge in [0.25, 0.3) is 0 Å². The molecule has 15 heavy (non-hydrogen) atoms. The highest BCUT2D eigenvalue weighted by atomic mass is 16.4. The van der Waals surface area contributed by atoms with Gasteiger partial charge in [0.15, 0.2) is 0 Å². The first kappa shape index (κ1) is 13.6. The summed E-state index contributed by atoms with van der Waals surface area (Å²) < 4.78 is 0. The predicted octanol–water partition coefficient (Wildman–Crippen LogP) is 0.0852. The number of carbonyl (C=O) groups is 2. The number of carboxylic acids is 1. The van der Waals surface area contributed by atoms with Crippen LogP contribution in [0.2, 0.25) is 0 Å². The van der Waals surface area contributed by atoms with Gasteiger partial charge in [-0.2, -0.15) is 0 Å². The SMILES string of the molecule is C=CCN(CCC(=O)NCC)CC(=O)O. The Bertz CT molecular complexity index is 229. The van der Waals surface area contributed by atoms with Gasteiger partial charge < -0.3 is 10.4 Å². The highest BCUT2D eigenvalue weighted by Gasteiger charge is 2.09. The summed E-state index contributed by atoms with van der Waals surface area (Å²) in [5.74, 6) is -0.954. The molecule has 0 heterocycles. The van der Waals surface area contributed by atoms with E-state index in [0.717, 1.165) is 0 Å². The Kier molecular flexibility index (Phi) is 7.27. The number of rotatable bonds is 8. The Morgan fingerprint density at radius 2 is 2.20 bits per heavy atom. The van der Waals surface area contributed by atoms with Crippen molar-refractivity contribution in [3.8, 4) is 0 Å². The summed E-state index contributed by atoms with van der Waals surface area (Å²) in [5.41, 5.74) is 0. The maximum Gasteiger partial charge on any atom is 0.317 e. The van der Waals surface area contributed by atoms with Crippen molar-refractivity contribution in [3.05, 3.63) is 12.7 Å². The second-order valence-electron chi connectivity index (χ2n) is 3.12. The van der Waals surface area contributed by atoms with E-state index in [2.05, 4.69) is 11.9 Å². The Labute approximate surface area is 89.8 Å². The normalized spacial score (nSPS) is 10.0. The zero-order chi connectivity index (χ0) is 11.7. The maximum absolute atomic E-state index is 11.1. The number of carboxylic acid groups (broad SMARTS) is 1. The summed E-state index contributed by atoms with van der Waals surface area (Å²) in [6.45, 7) is 6.82. The zero-order valence-corrected chi connectivity index (χ0v) is 9.03. The molecule has 0 radical (unpaired) electrons. The molecule has 0 aliphatic heterocycles. The second-order valence-corrected chi connectivity index (χ2v) is 3.12. The van der Waals surface area contributed by atoms with Crippen LogP contribution in [0.3, 0.4) is 0 Å². The van der Waals surface area contributed by atoms with Crippen LogP contribution in [0.4, 0.5) is 0 Å². The lowest BCUT2D eigenvalue weighted by Gasteiger charge is -2.17. The Hall–Kier alpha value is -1.36. The quantitative estimate of drug-likeness (QED) is 0.562. The van der Waals surface area contributed by atoms with Gasteiger partial charge in [0.1, 0.15) is 0 Å². The third-order valence-electron chi connectivity index (χ3n) is 1.78. The van der Waals surface area contributed by atoms with E-state index in [1.807, 2.05) is 6.92 Å². The van der Waals surface area contributed by atoms with Crippen molar-refractivity contribution in [2.24, 2.45) is 0 Å². The number of hydrogen-bond acceptors (Lipinski definition) is 3. The van der Waals surface area contributed by atoms with Gasteiger partial charge in [-0.15, -0.1) is 6.58 Å². The van der Waals surface area contributed by atoms with Crippen LogP contribution in [-0.4, -0.2) is 48.1 Å². The molecule has 0 aromatic rings. The number of nitrogens with one attached hydrogen (secondary N) is 1. The van der Waals surface area contributed by atoms with Gasteiger partial charge in [-0.1, -0.05) is 6.08 Å². The van der Waals surface area contributed by atoms with Crippen LogP contribution in [0.25, 0.3) is 0 Å². The van der Waals surface area contributed by atoms with E-state index in [4.69, 9.17) is 5.11 Å². The van der Waals surface area contributed by atoms with Crippen LogP contribution in [-0.2, 0) is 9.59 Å². The zero-order valence-electron chi connectivity index (χ0n) is 9.03. The summed E-state index contributed by atoms with van der Waals surface area (Å²) in [7, 11) is 0. The lowest BCUT2D eigenvalue weighted by molar-refractivity contribution is -0.138. The minimum absolute atomic E-state index is 0.0584. The molecule has 0 spiro atoms. The monoisotopic (exact) mass is 214 g/mol. The van der Waals surface area contributed by atoms with E-state index < -0.39 is 5.97 Å². The fraction of sp³-hybridized carbons (Fsp3) is 0.600. The van der Waals surface area contributed by atoms with Gasteiger partial charge in [-0.05, 0) is 6.92 Å². The van der Waals surface area contributed by atoms with Crippen molar-refractivity contribution in [1.29, 1.82) is 0 Å². The largest absolute Gasteiger partial charge is 0.480 e. The summed E-state index contributed by atoms with van der Waals surface area (Å²) in [6.07, 6.45) is 1.94. The third-order valence-corrected chi connectivity index (χ3v) is 1.78.